The van der Waals surface area contributed by atoms with E-state index in [-0.39, 0.29) is 32.0 Å². The van der Waals surface area contributed by atoms with E-state index in [1.165, 1.54) is 96.3 Å². The molecule has 288 valence electrons. The second-order valence-electron chi connectivity index (χ2n) is 13.7. The van der Waals surface area contributed by atoms with E-state index in [1.807, 2.05) is 0 Å². The van der Waals surface area contributed by atoms with Crippen molar-refractivity contribution in [1.82, 2.24) is 0 Å². The maximum atomic E-state index is 12.7. The minimum Gasteiger partial charge on any atom is -0.462 e. The van der Waals surface area contributed by atoms with Gasteiger partial charge in [-0.25, -0.2) is 0 Å². The van der Waals surface area contributed by atoms with Crippen molar-refractivity contribution in [2.45, 2.75) is 205 Å². The maximum Gasteiger partial charge on any atom is 0.306 e. The molecule has 10 heteroatoms. The quantitative estimate of drug-likeness (QED) is 0.0322. The third-order valence-corrected chi connectivity index (χ3v) is 9.15. The monoisotopic (exact) mass is 701 g/mol. The Bertz CT molecular complexity index is 820. The van der Waals surface area contributed by atoms with Crippen molar-refractivity contribution in [3.63, 3.8) is 0 Å². The number of unbranched alkanes of at least 4 members (excludes halogenated alkanes) is 19. The van der Waals surface area contributed by atoms with Gasteiger partial charge in [-0.15, -0.1) is 0 Å². The van der Waals surface area contributed by atoms with E-state index in [9.17, 15) is 30.0 Å². The van der Waals surface area contributed by atoms with Crippen LogP contribution in [0.4, 0.5) is 0 Å². The molecule has 1 heterocycles. The van der Waals surface area contributed by atoms with Gasteiger partial charge in [0.25, 0.3) is 0 Å². The fraction of sp³-hybridized carbons (Fsp3) is 0.897. The van der Waals surface area contributed by atoms with Crippen LogP contribution < -0.4 is 0 Å². The molecular weight excluding hydrogens is 628 g/mol. The van der Waals surface area contributed by atoms with Gasteiger partial charge in [-0.1, -0.05) is 135 Å². The Morgan fingerprint density at radius 3 is 1.65 bits per heavy atom. The van der Waals surface area contributed by atoms with E-state index in [0.29, 0.717) is 6.42 Å². The van der Waals surface area contributed by atoms with Crippen LogP contribution in [-0.2, 0) is 28.5 Å². The molecule has 1 rings (SSSR count). The first-order valence-corrected chi connectivity index (χ1v) is 19.8. The Morgan fingerprint density at radius 1 is 0.612 bits per heavy atom. The Morgan fingerprint density at radius 2 is 1.10 bits per heavy atom. The Hall–Kier alpha value is -1.56. The second-order valence-corrected chi connectivity index (χ2v) is 13.7. The van der Waals surface area contributed by atoms with Crippen LogP contribution in [0.1, 0.15) is 168 Å². The van der Waals surface area contributed by atoms with Crippen molar-refractivity contribution < 1.29 is 49.0 Å². The van der Waals surface area contributed by atoms with Gasteiger partial charge in [-0.2, -0.15) is 0 Å². The van der Waals surface area contributed by atoms with Crippen molar-refractivity contribution in [3.05, 3.63) is 12.2 Å². The molecule has 6 atom stereocenters. The molecule has 0 aromatic heterocycles. The average Bonchev–Trinajstić information content (AvgIpc) is 3.10. The Balaban J connectivity index is 2.37. The summed E-state index contributed by atoms with van der Waals surface area (Å²) >= 11 is 0. The highest BCUT2D eigenvalue weighted by atomic mass is 16.7. The number of esters is 2. The van der Waals surface area contributed by atoms with Crippen LogP contribution >= 0.6 is 0 Å². The molecule has 0 aliphatic carbocycles. The highest BCUT2D eigenvalue weighted by Gasteiger charge is 2.44. The summed E-state index contributed by atoms with van der Waals surface area (Å²) in [6.07, 6.45) is 22.3. The van der Waals surface area contributed by atoms with Crippen LogP contribution in [0, 0.1) is 0 Å². The number of aliphatic hydroxyl groups excluding tert-OH is 4. The van der Waals surface area contributed by atoms with Gasteiger partial charge in [0.1, 0.15) is 31.0 Å². The number of rotatable bonds is 32. The van der Waals surface area contributed by atoms with Crippen molar-refractivity contribution in [2.24, 2.45) is 0 Å². The Kier molecular flexibility index (Phi) is 28.9. The number of ether oxygens (including phenoxy) is 4. The predicted molar refractivity (Wildman–Crippen MR) is 192 cm³/mol. The number of aliphatic hydroxyl groups is 4. The smallest absolute Gasteiger partial charge is 0.306 e. The molecule has 4 N–H and O–H groups in total. The predicted octanol–water partition coefficient (Wildman–Crippen LogP) is 7.22. The van der Waals surface area contributed by atoms with Gasteiger partial charge in [0, 0.05) is 12.8 Å². The number of allylic oxidation sites excluding steroid dienone is 2. The van der Waals surface area contributed by atoms with Crippen molar-refractivity contribution in [1.29, 1.82) is 0 Å². The molecule has 0 amide bonds. The summed E-state index contributed by atoms with van der Waals surface area (Å²) in [5.74, 6) is -0.808. The summed E-state index contributed by atoms with van der Waals surface area (Å²) in [7, 11) is 0. The molecule has 1 fully saturated rings. The first kappa shape index (κ1) is 45.5. The van der Waals surface area contributed by atoms with Crippen LogP contribution in [0.15, 0.2) is 12.2 Å². The molecule has 2 unspecified atom stereocenters. The zero-order valence-electron chi connectivity index (χ0n) is 30.9. The van der Waals surface area contributed by atoms with E-state index in [4.69, 9.17) is 18.9 Å². The molecule has 0 aromatic carbocycles. The molecule has 49 heavy (non-hydrogen) atoms. The normalized spacial score (nSPS) is 21.6. The molecule has 0 aromatic rings. The molecule has 1 saturated heterocycles. The lowest BCUT2D eigenvalue weighted by atomic mass is 9.99. The summed E-state index contributed by atoms with van der Waals surface area (Å²) in [6, 6.07) is 0. The summed E-state index contributed by atoms with van der Waals surface area (Å²) < 4.78 is 22.0. The lowest BCUT2D eigenvalue weighted by Crippen LogP contribution is -2.59. The van der Waals surface area contributed by atoms with Gasteiger partial charge < -0.3 is 39.4 Å². The van der Waals surface area contributed by atoms with Crippen LogP contribution in [-0.4, -0.2) is 89.0 Å². The number of carbonyl (C=O) groups excluding carboxylic acids is 2. The van der Waals surface area contributed by atoms with Crippen molar-refractivity contribution >= 4 is 11.9 Å². The topological polar surface area (TPSA) is 152 Å². The molecule has 10 nitrogen and oxygen atoms in total. The lowest BCUT2D eigenvalue weighted by Gasteiger charge is -2.39. The third kappa shape index (κ3) is 23.5. The standard InChI is InChI=1S/C39H72O10/c1-3-5-7-9-11-13-14-15-16-17-18-20-22-24-26-28-35(42)48-32(31-47-39-38(45)37(44)36(43)33(29-40)49-39)30-46-34(41)27-25-23-21-19-12-10-8-6-4-2/h9,11,32-33,36-40,43-45H,3-8,10,12-31H2,1-2H3/b11-9+/t32-,33-,36+,37?,38?,39-/m1/s1. The fourth-order valence-corrected chi connectivity index (χ4v) is 5.93. The van der Waals surface area contributed by atoms with Crippen LogP contribution in [0.5, 0.6) is 0 Å². The minimum absolute atomic E-state index is 0.214. The van der Waals surface area contributed by atoms with Gasteiger partial charge >= 0.3 is 11.9 Å². The van der Waals surface area contributed by atoms with Gasteiger partial charge in [0.05, 0.1) is 13.2 Å². The molecule has 0 spiro atoms. The zero-order chi connectivity index (χ0) is 36.0. The van der Waals surface area contributed by atoms with Gasteiger partial charge in [0.15, 0.2) is 12.4 Å². The lowest BCUT2D eigenvalue weighted by molar-refractivity contribution is -0.305. The molecule has 1 aliphatic rings. The van der Waals surface area contributed by atoms with E-state index < -0.39 is 49.4 Å². The summed E-state index contributed by atoms with van der Waals surface area (Å²) in [5.41, 5.74) is 0. The van der Waals surface area contributed by atoms with E-state index >= 15 is 0 Å². The first-order valence-electron chi connectivity index (χ1n) is 19.8. The molecule has 1 aliphatic heterocycles. The molecule has 0 radical (unpaired) electrons. The Labute approximate surface area is 297 Å². The van der Waals surface area contributed by atoms with Crippen molar-refractivity contribution in [3.8, 4) is 0 Å². The highest BCUT2D eigenvalue weighted by Crippen LogP contribution is 2.22. The molecule has 0 saturated carbocycles. The second kappa shape index (κ2) is 31.2. The number of hydrogen-bond donors (Lipinski definition) is 4. The fourth-order valence-electron chi connectivity index (χ4n) is 5.93. The zero-order valence-corrected chi connectivity index (χ0v) is 30.9. The van der Waals surface area contributed by atoms with Crippen LogP contribution in [0.2, 0.25) is 0 Å². The summed E-state index contributed by atoms with van der Waals surface area (Å²) in [5, 5.41) is 39.9. The largest absolute Gasteiger partial charge is 0.462 e. The van der Waals surface area contributed by atoms with Gasteiger partial charge in [0.2, 0.25) is 0 Å². The van der Waals surface area contributed by atoms with Gasteiger partial charge in [-0.05, 0) is 32.1 Å². The number of hydrogen-bond acceptors (Lipinski definition) is 10. The van der Waals surface area contributed by atoms with E-state index in [0.717, 1.165) is 38.5 Å². The summed E-state index contributed by atoms with van der Waals surface area (Å²) in [4.78, 5) is 25.1. The van der Waals surface area contributed by atoms with Gasteiger partial charge in [-0.3, -0.25) is 9.59 Å². The average molecular weight is 701 g/mol. The van der Waals surface area contributed by atoms with Crippen LogP contribution in [0.25, 0.3) is 0 Å². The summed E-state index contributed by atoms with van der Waals surface area (Å²) in [6.45, 7) is 3.36. The minimum atomic E-state index is -1.59. The third-order valence-electron chi connectivity index (χ3n) is 9.15. The number of carbonyl (C=O) groups is 2. The first-order chi connectivity index (χ1) is 23.8. The highest BCUT2D eigenvalue weighted by molar-refractivity contribution is 5.70. The van der Waals surface area contributed by atoms with Crippen molar-refractivity contribution in [2.75, 3.05) is 19.8 Å². The molecular formula is C39H72O10. The van der Waals surface area contributed by atoms with Crippen LogP contribution in [0.3, 0.4) is 0 Å². The SMILES string of the molecule is CCCC/C=C/CCCCCCCCCCCC(=O)O[C@H](COC(=O)CCCCCCCCCCC)CO[C@@H]1O[C@H](CO)[C@H](O)C(O)C1O. The van der Waals surface area contributed by atoms with E-state index in [1.54, 1.807) is 0 Å². The molecule has 0 bridgehead atoms. The van der Waals surface area contributed by atoms with E-state index in [2.05, 4.69) is 26.0 Å². The maximum absolute atomic E-state index is 12.7.